The standard InChI is InChI=1S/C17H21ClN4O2/c1-20-7-6-19-16(20)17(23)22-10-8-21(9-11-22)12-13-24-15-5-3-2-4-14(15)18/h2-7H,8-13H2,1H3. The van der Waals surface area contributed by atoms with Gasteiger partial charge in [-0.05, 0) is 12.1 Å². The first-order valence-electron chi connectivity index (χ1n) is 8.01. The molecule has 1 aromatic heterocycles. The number of rotatable bonds is 5. The second-order valence-corrected chi connectivity index (χ2v) is 6.18. The molecule has 0 atom stereocenters. The van der Waals surface area contributed by atoms with Crippen LogP contribution in [0.15, 0.2) is 36.7 Å². The van der Waals surface area contributed by atoms with Crippen molar-refractivity contribution < 1.29 is 9.53 Å². The van der Waals surface area contributed by atoms with E-state index in [0.29, 0.717) is 36.3 Å². The van der Waals surface area contributed by atoms with Crippen LogP contribution in [-0.2, 0) is 7.05 Å². The van der Waals surface area contributed by atoms with E-state index in [1.165, 1.54) is 0 Å². The van der Waals surface area contributed by atoms with E-state index in [1.54, 1.807) is 17.0 Å². The summed E-state index contributed by atoms with van der Waals surface area (Å²) in [6.07, 6.45) is 3.44. The van der Waals surface area contributed by atoms with E-state index in [1.807, 2.05) is 36.2 Å². The van der Waals surface area contributed by atoms with Gasteiger partial charge in [-0.25, -0.2) is 4.98 Å². The lowest BCUT2D eigenvalue weighted by atomic mass is 10.3. The minimum absolute atomic E-state index is 0.00512. The molecular formula is C17H21ClN4O2. The summed E-state index contributed by atoms with van der Waals surface area (Å²) >= 11 is 6.07. The van der Waals surface area contributed by atoms with Crippen LogP contribution in [0, 0.1) is 0 Å². The van der Waals surface area contributed by atoms with Gasteiger partial charge in [-0.3, -0.25) is 9.69 Å². The maximum atomic E-state index is 12.4. The number of carbonyl (C=O) groups is 1. The average Bonchev–Trinajstić information content (AvgIpc) is 3.03. The lowest BCUT2D eigenvalue weighted by molar-refractivity contribution is 0.0605. The zero-order chi connectivity index (χ0) is 16.9. The van der Waals surface area contributed by atoms with Crippen LogP contribution in [0.25, 0.3) is 0 Å². The molecule has 2 heterocycles. The molecule has 6 nitrogen and oxygen atoms in total. The molecule has 7 heteroatoms. The predicted octanol–water partition coefficient (Wildman–Crippen LogP) is 1.91. The van der Waals surface area contributed by atoms with Crippen LogP contribution < -0.4 is 4.74 Å². The number of carbonyl (C=O) groups excluding carboxylic acids is 1. The zero-order valence-electron chi connectivity index (χ0n) is 13.7. The van der Waals surface area contributed by atoms with Gasteiger partial charge in [-0.1, -0.05) is 23.7 Å². The van der Waals surface area contributed by atoms with E-state index >= 15 is 0 Å². The molecule has 24 heavy (non-hydrogen) atoms. The fourth-order valence-electron chi connectivity index (χ4n) is 2.73. The van der Waals surface area contributed by atoms with Gasteiger partial charge in [0.05, 0.1) is 5.02 Å². The highest BCUT2D eigenvalue weighted by atomic mass is 35.5. The van der Waals surface area contributed by atoms with Gasteiger partial charge < -0.3 is 14.2 Å². The molecule has 0 spiro atoms. The van der Waals surface area contributed by atoms with Crippen molar-refractivity contribution in [3.8, 4) is 5.75 Å². The summed E-state index contributed by atoms with van der Waals surface area (Å²) in [6.45, 7) is 4.48. The monoisotopic (exact) mass is 348 g/mol. The van der Waals surface area contributed by atoms with Gasteiger partial charge in [-0.2, -0.15) is 0 Å². The summed E-state index contributed by atoms with van der Waals surface area (Å²) in [5.41, 5.74) is 0. The Morgan fingerprint density at radius 2 is 2.00 bits per heavy atom. The minimum Gasteiger partial charge on any atom is -0.491 e. The molecule has 1 aliphatic rings. The number of hydrogen-bond acceptors (Lipinski definition) is 4. The topological polar surface area (TPSA) is 50.6 Å². The fourth-order valence-corrected chi connectivity index (χ4v) is 2.92. The maximum Gasteiger partial charge on any atom is 0.289 e. The van der Waals surface area contributed by atoms with Crippen LogP contribution in [-0.4, -0.2) is 64.6 Å². The van der Waals surface area contributed by atoms with Crippen LogP contribution in [0.2, 0.25) is 5.02 Å². The summed E-state index contributed by atoms with van der Waals surface area (Å²) in [6, 6.07) is 7.47. The van der Waals surface area contributed by atoms with Gasteiger partial charge in [-0.15, -0.1) is 0 Å². The van der Waals surface area contributed by atoms with Crippen LogP contribution in [0.4, 0.5) is 0 Å². The largest absolute Gasteiger partial charge is 0.491 e. The molecular weight excluding hydrogens is 328 g/mol. The second-order valence-electron chi connectivity index (χ2n) is 5.77. The van der Waals surface area contributed by atoms with Gasteiger partial charge in [0.25, 0.3) is 5.91 Å². The number of ether oxygens (including phenoxy) is 1. The lowest BCUT2D eigenvalue weighted by Gasteiger charge is -2.34. The Morgan fingerprint density at radius 1 is 1.25 bits per heavy atom. The molecule has 1 aromatic carbocycles. The van der Waals surface area contributed by atoms with Crippen molar-refractivity contribution >= 4 is 17.5 Å². The van der Waals surface area contributed by atoms with E-state index < -0.39 is 0 Å². The van der Waals surface area contributed by atoms with Crippen molar-refractivity contribution in [3.63, 3.8) is 0 Å². The molecule has 0 unspecified atom stereocenters. The molecule has 3 rings (SSSR count). The van der Waals surface area contributed by atoms with Crippen molar-refractivity contribution in [1.29, 1.82) is 0 Å². The Labute approximate surface area is 146 Å². The molecule has 128 valence electrons. The molecule has 1 aliphatic heterocycles. The summed E-state index contributed by atoms with van der Waals surface area (Å²) in [4.78, 5) is 20.7. The van der Waals surface area contributed by atoms with E-state index in [2.05, 4.69) is 9.88 Å². The van der Waals surface area contributed by atoms with Gasteiger partial charge in [0.15, 0.2) is 5.82 Å². The van der Waals surface area contributed by atoms with Gasteiger partial charge in [0.2, 0.25) is 0 Å². The number of para-hydroxylation sites is 1. The maximum absolute atomic E-state index is 12.4. The van der Waals surface area contributed by atoms with E-state index in [0.717, 1.165) is 19.6 Å². The van der Waals surface area contributed by atoms with Crippen LogP contribution in [0.3, 0.4) is 0 Å². The highest BCUT2D eigenvalue weighted by Gasteiger charge is 2.24. The third-order valence-electron chi connectivity index (χ3n) is 4.17. The number of amides is 1. The molecule has 1 fully saturated rings. The molecule has 0 radical (unpaired) electrons. The second kappa shape index (κ2) is 7.68. The van der Waals surface area contributed by atoms with Crippen molar-refractivity contribution in [1.82, 2.24) is 19.4 Å². The number of halogens is 1. The van der Waals surface area contributed by atoms with Crippen molar-refractivity contribution in [2.24, 2.45) is 7.05 Å². The highest BCUT2D eigenvalue weighted by Crippen LogP contribution is 2.22. The van der Waals surface area contributed by atoms with Crippen LogP contribution in [0.1, 0.15) is 10.6 Å². The quantitative estimate of drug-likeness (QED) is 0.828. The molecule has 0 bridgehead atoms. The number of aromatic nitrogens is 2. The van der Waals surface area contributed by atoms with Gasteiger partial charge in [0, 0.05) is 52.2 Å². The molecule has 0 N–H and O–H groups in total. The first-order chi connectivity index (χ1) is 11.6. The summed E-state index contributed by atoms with van der Waals surface area (Å²) in [5, 5.41) is 0.628. The molecule has 1 saturated heterocycles. The summed E-state index contributed by atoms with van der Waals surface area (Å²) in [5.74, 6) is 1.20. The van der Waals surface area contributed by atoms with E-state index in [-0.39, 0.29) is 5.91 Å². The number of hydrogen-bond donors (Lipinski definition) is 0. The smallest absolute Gasteiger partial charge is 0.289 e. The predicted molar refractivity (Wildman–Crippen MR) is 92.5 cm³/mol. The average molecular weight is 349 g/mol. The van der Waals surface area contributed by atoms with E-state index in [4.69, 9.17) is 16.3 Å². The third kappa shape index (κ3) is 3.88. The number of imidazole rings is 1. The number of nitrogens with zero attached hydrogens (tertiary/aromatic N) is 4. The minimum atomic E-state index is -0.00512. The lowest BCUT2D eigenvalue weighted by Crippen LogP contribution is -2.50. The Kier molecular flexibility index (Phi) is 5.37. The van der Waals surface area contributed by atoms with Crippen LogP contribution in [0.5, 0.6) is 5.75 Å². The van der Waals surface area contributed by atoms with Crippen LogP contribution >= 0.6 is 11.6 Å². The Morgan fingerprint density at radius 3 is 2.67 bits per heavy atom. The van der Waals surface area contributed by atoms with E-state index in [9.17, 15) is 4.79 Å². The van der Waals surface area contributed by atoms with Gasteiger partial charge in [0.1, 0.15) is 12.4 Å². The molecule has 2 aromatic rings. The first kappa shape index (κ1) is 16.8. The molecule has 0 saturated carbocycles. The third-order valence-corrected chi connectivity index (χ3v) is 4.49. The Bertz CT molecular complexity index is 695. The first-order valence-corrected chi connectivity index (χ1v) is 8.39. The normalized spacial score (nSPS) is 15.5. The SMILES string of the molecule is Cn1ccnc1C(=O)N1CCN(CCOc2ccccc2Cl)CC1. The Balaban J connectivity index is 1.43. The number of benzene rings is 1. The van der Waals surface area contributed by atoms with Gasteiger partial charge >= 0.3 is 0 Å². The van der Waals surface area contributed by atoms with Crippen molar-refractivity contribution in [3.05, 3.63) is 47.5 Å². The zero-order valence-corrected chi connectivity index (χ0v) is 14.4. The molecule has 0 aliphatic carbocycles. The molecule has 1 amide bonds. The van der Waals surface area contributed by atoms with Crippen molar-refractivity contribution in [2.45, 2.75) is 0 Å². The number of aryl methyl sites for hydroxylation is 1. The number of piperazine rings is 1. The van der Waals surface area contributed by atoms with Crippen molar-refractivity contribution in [2.75, 3.05) is 39.3 Å². The highest BCUT2D eigenvalue weighted by molar-refractivity contribution is 6.32. The fraction of sp³-hybridized carbons (Fsp3) is 0.412. The summed E-state index contributed by atoms with van der Waals surface area (Å²) < 4.78 is 7.48. The Hall–Kier alpha value is -2.05. The summed E-state index contributed by atoms with van der Waals surface area (Å²) in [7, 11) is 1.84.